The summed E-state index contributed by atoms with van der Waals surface area (Å²) in [6.07, 6.45) is 0.0417. The van der Waals surface area contributed by atoms with Crippen molar-refractivity contribution in [2.24, 2.45) is 0 Å². The number of benzene rings is 1. The minimum atomic E-state index is -4.56. The number of piperidine rings is 1. The lowest BCUT2D eigenvalue weighted by Crippen LogP contribution is -2.52. The monoisotopic (exact) mass is 470 g/mol. The highest BCUT2D eigenvalue weighted by Gasteiger charge is 2.35. The fraction of sp³-hybridized carbons (Fsp3) is 0.375. The summed E-state index contributed by atoms with van der Waals surface area (Å²) < 4.78 is 39.6. The van der Waals surface area contributed by atoms with Crippen LogP contribution >= 0.6 is 0 Å². The topological polar surface area (TPSA) is 83.9 Å². The van der Waals surface area contributed by atoms with E-state index in [0.717, 1.165) is 11.6 Å². The lowest BCUT2D eigenvalue weighted by Gasteiger charge is -2.40. The van der Waals surface area contributed by atoms with E-state index in [9.17, 15) is 18.0 Å². The molecular weight excluding hydrogens is 445 g/mol. The molecule has 178 valence electrons. The third-order valence-corrected chi connectivity index (χ3v) is 5.92. The molecule has 34 heavy (non-hydrogen) atoms. The van der Waals surface area contributed by atoms with Crippen LogP contribution in [0.5, 0.6) is 0 Å². The van der Waals surface area contributed by atoms with Gasteiger partial charge in [0.1, 0.15) is 5.69 Å². The van der Waals surface area contributed by atoms with Crippen molar-refractivity contribution in [3.8, 4) is 11.4 Å². The molecule has 1 fully saturated rings. The summed E-state index contributed by atoms with van der Waals surface area (Å²) >= 11 is 0. The van der Waals surface area contributed by atoms with E-state index in [0.29, 0.717) is 36.3 Å². The Balaban J connectivity index is 1.60. The van der Waals surface area contributed by atoms with Crippen LogP contribution in [0.3, 0.4) is 0 Å². The summed E-state index contributed by atoms with van der Waals surface area (Å²) in [7, 11) is 0. The number of rotatable bonds is 4. The fourth-order valence-corrected chi connectivity index (χ4v) is 4.19. The number of carbonyl (C=O) groups excluding carboxylic acids is 1. The molecule has 1 aromatic carbocycles. The van der Waals surface area contributed by atoms with Gasteiger partial charge in [-0.05, 0) is 51.8 Å². The molecule has 7 nitrogen and oxygen atoms in total. The number of hydrogen-bond acceptors (Lipinski definition) is 6. The number of aryl methyl sites for hydroxylation is 2. The van der Waals surface area contributed by atoms with E-state index in [-0.39, 0.29) is 29.6 Å². The Hall–Kier alpha value is -3.56. The van der Waals surface area contributed by atoms with E-state index in [4.69, 9.17) is 0 Å². The van der Waals surface area contributed by atoms with Crippen LogP contribution in [-0.4, -0.2) is 49.4 Å². The van der Waals surface area contributed by atoms with E-state index in [1.165, 1.54) is 6.92 Å². The zero-order valence-electron chi connectivity index (χ0n) is 19.1. The first-order chi connectivity index (χ1) is 16.1. The molecule has 2 aromatic heterocycles. The van der Waals surface area contributed by atoms with Gasteiger partial charge in [0.25, 0.3) is 5.91 Å². The number of aromatic nitrogens is 4. The van der Waals surface area contributed by atoms with Gasteiger partial charge in [-0.25, -0.2) is 19.9 Å². The molecule has 1 amide bonds. The maximum atomic E-state index is 13.7. The second kappa shape index (κ2) is 9.36. The van der Waals surface area contributed by atoms with Crippen molar-refractivity contribution in [2.45, 2.75) is 51.9 Å². The van der Waals surface area contributed by atoms with Crippen molar-refractivity contribution < 1.29 is 18.0 Å². The molecule has 0 aliphatic carbocycles. The fourth-order valence-electron chi connectivity index (χ4n) is 4.19. The number of nitrogens with one attached hydrogen (secondary N) is 1. The van der Waals surface area contributed by atoms with Crippen molar-refractivity contribution in [2.75, 3.05) is 11.9 Å². The summed E-state index contributed by atoms with van der Waals surface area (Å²) in [6, 6.07) is 7.57. The smallest absolute Gasteiger partial charge is 0.349 e. The van der Waals surface area contributed by atoms with Gasteiger partial charge in [-0.1, -0.05) is 17.7 Å². The van der Waals surface area contributed by atoms with Crippen molar-refractivity contribution in [3.63, 3.8) is 0 Å². The number of hydrogen-bond donors (Lipinski definition) is 1. The molecule has 1 saturated heterocycles. The van der Waals surface area contributed by atoms with Crippen LogP contribution in [0.2, 0.25) is 0 Å². The van der Waals surface area contributed by atoms with E-state index in [1.807, 2.05) is 32.0 Å². The normalized spacial score (nSPS) is 18.6. The summed E-state index contributed by atoms with van der Waals surface area (Å²) in [5.41, 5.74) is 1.27. The quantitative estimate of drug-likeness (QED) is 0.597. The first kappa shape index (κ1) is 23.6. The number of carbonyl (C=O) groups is 1. The van der Waals surface area contributed by atoms with Gasteiger partial charge in [0.2, 0.25) is 5.95 Å². The Bertz CT molecular complexity index is 1190. The molecule has 0 spiro atoms. The zero-order chi connectivity index (χ0) is 24.5. The SMILES string of the molecule is Cc1ccc(-c2ncccn2)c(C(=O)N2CCC[C@@H](Nc3nc(C)cc(C(F)(F)F)n3)[C@@H]2C)c1. The maximum Gasteiger partial charge on any atom is 0.433 e. The molecule has 2 atom stereocenters. The molecule has 0 saturated carbocycles. The maximum absolute atomic E-state index is 13.7. The van der Waals surface area contributed by atoms with Gasteiger partial charge in [-0.3, -0.25) is 4.79 Å². The average Bonchev–Trinajstić information content (AvgIpc) is 2.79. The third kappa shape index (κ3) is 5.00. The molecule has 1 N–H and O–H groups in total. The lowest BCUT2D eigenvalue weighted by atomic mass is 9.95. The predicted molar refractivity (Wildman–Crippen MR) is 121 cm³/mol. The number of amides is 1. The molecule has 4 rings (SSSR count). The highest BCUT2D eigenvalue weighted by molar-refractivity contribution is 6.00. The van der Waals surface area contributed by atoms with E-state index >= 15 is 0 Å². The van der Waals surface area contributed by atoms with Crippen LogP contribution in [0, 0.1) is 13.8 Å². The minimum Gasteiger partial charge on any atom is -0.349 e. The number of halogens is 3. The Morgan fingerprint density at radius 1 is 1.12 bits per heavy atom. The molecule has 0 bridgehead atoms. The van der Waals surface area contributed by atoms with Crippen LogP contribution in [0.25, 0.3) is 11.4 Å². The van der Waals surface area contributed by atoms with Crippen LogP contribution in [0.1, 0.15) is 47.1 Å². The molecule has 3 aromatic rings. The minimum absolute atomic E-state index is 0.0904. The van der Waals surface area contributed by atoms with Crippen LogP contribution in [0.15, 0.2) is 42.7 Å². The number of likely N-dealkylation sites (tertiary alicyclic amines) is 1. The van der Waals surface area contributed by atoms with Crippen molar-refractivity contribution in [1.82, 2.24) is 24.8 Å². The summed E-state index contributed by atoms with van der Waals surface area (Å²) in [5, 5.41) is 3.04. The van der Waals surface area contributed by atoms with Crippen LogP contribution < -0.4 is 5.32 Å². The number of alkyl halides is 3. The molecule has 1 aliphatic heterocycles. The predicted octanol–water partition coefficient (Wildman–Crippen LogP) is 4.67. The van der Waals surface area contributed by atoms with Gasteiger partial charge in [0, 0.05) is 42.3 Å². The Labute approximate surface area is 195 Å². The standard InChI is InChI=1S/C24H25F3N6O/c1-14-7-8-17(21-28-9-5-10-29-21)18(12-14)22(34)33-11-4-6-19(16(33)3)31-23-30-15(2)13-20(32-23)24(25,26)27/h5,7-10,12-13,16,19H,4,6,11H2,1-3H3,(H,30,31,32)/t16-,19+/m0/s1. The Morgan fingerprint density at radius 3 is 2.56 bits per heavy atom. The molecule has 0 unspecified atom stereocenters. The number of anilines is 1. The summed E-state index contributed by atoms with van der Waals surface area (Å²) in [4.78, 5) is 31.8. The molecule has 0 radical (unpaired) electrons. The van der Waals surface area contributed by atoms with Gasteiger partial charge in [0.05, 0.1) is 5.56 Å². The van der Waals surface area contributed by atoms with Crippen LogP contribution in [0.4, 0.5) is 19.1 Å². The largest absolute Gasteiger partial charge is 0.433 e. The van der Waals surface area contributed by atoms with Crippen LogP contribution in [-0.2, 0) is 6.18 Å². The summed E-state index contributed by atoms with van der Waals surface area (Å²) in [5.74, 6) is 0.191. The van der Waals surface area contributed by atoms with Gasteiger partial charge in [-0.15, -0.1) is 0 Å². The van der Waals surface area contributed by atoms with Crippen molar-refractivity contribution >= 4 is 11.9 Å². The summed E-state index contributed by atoms with van der Waals surface area (Å²) in [6.45, 7) is 5.81. The van der Waals surface area contributed by atoms with Gasteiger partial charge in [-0.2, -0.15) is 13.2 Å². The van der Waals surface area contributed by atoms with E-state index < -0.39 is 11.9 Å². The average molecular weight is 470 g/mol. The first-order valence-corrected chi connectivity index (χ1v) is 11.0. The third-order valence-electron chi connectivity index (χ3n) is 5.92. The number of nitrogens with zero attached hydrogens (tertiary/aromatic N) is 5. The van der Waals surface area contributed by atoms with Gasteiger partial charge >= 0.3 is 6.18 Å². The van der Waals surface area contributed by atoms with Gasteiger partial charge < -0.3 is 10.2 Å². The Kier molecular flexibility index (Phi) is 6.49. The van der Waals surface area contributed by atoms with Crippen molar-refractivity contribution in [3.05, 3.63) is 65.2 Å². The zero-order valence-corrected chi connectivity index (χ0v) is 19.1. The highest BCUT2D eigenvalue weighted by atomic mass is 19.4. The second-order valence-electron chi connectivity index (χ2n) is 8.47. The molecule has 3 heterocycles. The molecule has 10 heteroatoms. The van der Waals surface area contributed by atoms with Gasteiger partial charge in [0.15, 0.2) is 5.82 Å². The second-order valence-corrected chi connectivity index (χ2v) is 8.47. The van der Waals surface area contributed by atoms with Crippen molar-refractivity contribution in [1.29, 1.82) is 0 Å². The van der Waals surface area contributed by atoms with E-state index in [1.54, 1.807) is 23.4 Å². The lowest BCUT2D eigenvalue weighted by molar-refractivity contribution is -0.141. The molecule has 1 aliphatic rings. The highest BCUT2D eigenvalue weighted by Crippen LogP contribution is 2.30. The molecular formula is C24H25F3N6O. The van der Waals surface area contributed by atoms with E-state index in [2.05, 4.69) is 25.3 Å². The first-order valence-electron chi connectivity index (χ1n) is 11.0. The Morgan fingerprint density at radius 2 is 1.85 bits per heavy atom.